The Labute approximate surface area is 136 Å². The summed E-state index contributed by atoms with van der Waals surface area (Å²) in [4.78, 5) is 12.1. The van der Waals surface area contributed by atoms with Crippen molar-refractivity contribution in [3.63, 3.8) is 0 Å². The van der Waals surface area contributed by atoms with E-state index in [-0.39, 0.29) is 5.91 Å². The van der Waals surface area contributed by atoms with E-state index < -0.39 is 6.10 Å². The molecule has 0 radical (unpaired) electrons. The zero-order valence-corrected chi connectivity index (χ0v) is 13.8. The van der Waals surface area contributed by atoms with Crippen molar-refractivity contribution < 1.29 is 9.53 Å². The number of carbonyl (C=O) groups excluding carboxylic acids is 1. The fraction of sp³-hybridized carbons (Fsp3) is 0.278. The minimum Gasteiger partial charge on any atom is -0.481 e. The van der Waals surface area contributed by atoms with Crippen LogP contribution in [0.4, 0.5) is 0 Å². The predicted octanol–water partition coefficient (Wildman–Crippen LogP) is 4.04. The average Bonchev–Trinajstić information content (AvgIpc) is 2.48. The standard InChI is InChI=1S/C18H20ClNO2/c1-12-5-4-6-15(9-12)11-20-18(21)14(3)22-16-7-8-17(19)13(2)10-16/h4-10,14H,11H2,1-3H3,(H,20,21). The van der Waals surface area contributed by atoms with E-state index in [2.05, 4.69) is 5.32 Å². The van der Waals surface area contributed by atoms with Crippen LogP contribution < -0.4 is 10.1 Å². The van der Waals surface area contributed by atoms with Crippen molar-refractivity contribution >= 4 is 17.5 Å². The summed E-state index contributed by atoms with van der Waals surface area (Å²) in [5.41, 5.74) is 3.17. The lowest BCUT2D eigenvalue weighted by atomic mass is 10.1. The molecule has 1 amide bonds. The summed E-state index contributed by atoms with van der Waals surface area (Å²) < 4.78 is 5.65. The molecule has 0 aliphatic heterocycles. The van der Waals surface area contributed by atoms with E-state index >= 15 is 0 Å². The lowest BCUT2D eigenvalue weighted by Crippen LogP contribution is -2.35. The first-order chi connectivity index (χ1) is 10.5. The summed E-state index contributed by atoms with van der Waals surface area (Å²) in [5, 5.41) is 3.57. The normalized spacial score (nSPS) is 11.8. The highest BCUT2D eigenvalue weighted by Gasteiger charge is 2.14. The SMILES string of the molecule is Cc1cccc(CNC(=O)C(C)Oc2ccc(Cl)c(C)c2)c1. The third-order valence-electron chi connectivity index (χ3n) is 3.36. The van der Waals surface area contributed by atoms with Crippen molar-refractivity contribution in [3.8, 4) is 5.75 Å². The quantitative estimate of drug-likeness (QED) is 0.903. The first-order valence-corrected chi connectivity index (χ1v) is 7.59. The fourth-order valence-electron chi connectivity index (χ4n) is 2.10. The van der Waals surface area contributed by atoms with Crippen LogP contribution in [0.15, 0.2) is 42.5 Å². The van der Waals surface area contributed by atoms with Crippen molar-refractivity contribution in [2.45, 2.75) is 33.4 Å². The molecule has 0 heterocycles. The van der Waals surface area contributed by atoms with Crippen LogP contribution in [-0.4, -0.2) is 12.0 Å². The summed E-state index contributed by atoms with van der Waals surface area (Å²) in [6, 6.07) is 13.4. The average molecular weight is 318 g/mol. The van der Waals surface area contributed by atoms with Gasteiger partial charge < -0.3 is 10.1 Å². The van der Waals surface area contributed by atoms with Crippen LogP contribution in [0.3, 0.4) is 0 Å². The molecule has 0 aliphatic carbocycles. The first-order valence-electron chi connectivity index (χ1n) is 7.22. The smallest absolute Gasteiger partial charge is 0.261 e. The Hall–Kier alpha value is -2.00. The molecule has 4 heteroatoms. The Kier molecular flexibility index (Phi) is 5.45. The van der Waals surface area contributed by atoms with Crippen molar-refractivity contribution in [1.82, 2.24) is 5.32 Å². The maximum Gasteiger partial charge on any atom is 0.261 e. The highest BCUT2D eigenvalue weighted by atomic mass is 35.5. The molecule has 0 aromatic heterocycles. The molecular formula is C18H20ClNO2. The number of rotatable bonds is 5. The number of ether oxygens (including phenoxy) is 1. The zero-order valence-electron chi connectivity index (χ0n) is 13.0. The van der Waals surface area contributed by atoms with E-state index in [1.807, 2.05) is 44.2 Å². The van der Waals surface area contributed by atoms with Crippen molar-refractivity contribution in [3.05, 3.63) is 64.2 Å². The number of benzene rings is 2. The van der Waals surface area contributed by atoms with Gasteiger partial charge in [0.2, 0.25) is 0 Å². The summed E-state index contributed by atoms with van der Waals surface area (Å²) in [6.45, 7) is 6.15. The van der Waals surface area contributed by atoms with Crippen LogP contribution in [-0.2, 0) is 11.3 Å². The highest BCUT2D eigenvalue weighted by Crippen LogP contribution is 2.21. The van der Waals surface area contributed by atoms with E-state index in [4.69, 9.17) is 16.3 Å². The van der Waals surface area contributed by atoms with Gasteiger partial charge in [-0.3, -0.25) is 4.79 Å². The summed E-state index contributed by atoms with van der Waals surface area (Å²) in [7, 11) is 0. The molecule has 0 bridgehead atoms. The van der Waals surface area contributed by atoms with Gasteiger partial charge in [0.05, 0.1) is 0 Å². The van der Waals surface area contributed by atoms with Crippen molar-refractivity contribution in [1.29, 1.82) is 0 Å². The Balaban J connectivity index is 1.90. The molecule has 0 fully saturated rings. The molecule has 0 aliphatic rings. The summed E-state index contributed by atoms with van der Waals surface area (Å²) in [6.07, 6.45) is -0.564. The minimum absolute atomic E-state index is 0.144. The lowest BCUT2D eigenvalue weighted by Gasteiger charge is -2.15. The molecule has 116 valence electrons. The summed E-state index contributed by atoms with van der Waals surface area (Å²) >= 11 is 5.98. The van der Waals surface area contributed by atoms with Gasteiger partial charge in [-0.1, -0.05) is 41.4 Å². The number of amides is 1. The fourth-order valence-corrected chi connectivity index (χ4v) is 2.22. The van der Waals surface area contributed by atoms with Gasteiger partial charge in [-0.2, -0.15) is 0 Å². The Bertz CT molecular complexity index is 670. The van der Waals surface area contributed by atoms with Crippen LogP contribution in [0.5, 0.6) is 5.75 Å². The Morgan fingerprint density at radius 3 is 2.68 bits per heavy atom. The maximum atomic E-state index is 12.1. The van der Waals surface area contributed by atoms with Gasteiger partial charge in [-0.05, 0) is 50.1 Å². The minimum atomic E-state index is -0.564. The molecule has 3 nitrogen and oxygen atoms in total. The number of hydrogen-bond donors (Lipinski definition) is 1. The van der Waals surface area contributed by atoms with Crippen molar-refractivity contribution in [2.24, 2.45) is 0 Å². The van der Waals surface area contributed by atoms with Gasteiger partial charge in [0.1, 0.15) is 5.75 Å². The number of carbonyl (C=O) groups is 1. The number of aryl methyl sites for hydroxylation is 2. The summed E-state index contributed by atoms with van der Waals surface area (Å²) in [5.74, 6) is 0.495. The Morgan fingerprint density at radius 2 is 2.00 bits per heavy atom. The van der Waals surface area contributed by atoms with Gasteiger partial charge in [0.25, 0.3) is 5.91 Å². The van der Waals surface area contributed by atoms with E-state index in [0.29, 0.717) is 17.3 Å². The zero-order chi connectivity index (χ0) is 16.1. The predicted molar refractivity (Wildman–Crippen MR) is 89.3 cm³/mol. The van der Waals surface area contributed by atoms with Crippen LogP contribution in [0.1, 0.15) is 23.6 Å². The van der Waals surface area contributed by atoms with Crippen LogP contribution in [0.25, 0.3) is 0 Å². The second-order valence-electron chi connectivity index (χ2n) is 5.38. The Morgan fingerprint density at radius 1 is 1.23 bits per heavy atom. The molecule has 1 unspecified atom stereocenters. The second-order valence-corrected chi connectivity index (χ2v) is 5.79. The molecule has 2 aromatic carbocycles. The lowest BCUT2D eigenvalue weighted by molar-refractivity contribution is -0.127. The highest BCUT2D eigenvalue weighted by molar-refractivity contribution is 6.31. The van der Waals surface area contributed by atoms with Gasteiger partial charge in [-0.25, -0.2) is 0 Å². The second kappa shape index (κ2) is 7.32. The molecule has 1 N–H and O–H groups in total. The molecule has 0 saturated carbocycles. The monoisotopic (exact) mass is 317 g/mol. The topological polar surface area (TPSA) is 38.3 Å². The molecular weight excluding hydrogens is 298 g/mol. The number of hydrogen-bond acceptors (Lipinski definition) is 2. The van der Waals surface area contributed by atoms with E-state index in [0.717, 1.165) is 11.1 Å². The van der Waals surface area contributed by atoms with Gasteiger partial charge >= 0.3 is 0 Å². The third kappa shape index (κ3) is 4.50. The van der Waals surface area contributed by atoms with E-state index in [1.54, 1.807) is 19.1 Å². The third-order valence-corrected chi connectivity index (χ3v) is 3.78. The van der Waals surface area contributed by atoms with Crippen LogP contribution in [0, 0.1) is 13.8 Å². The van der Waals surface area contributed by atoms with Crippen LogP contribution in [0.2, 0.25) is 5.02 Å². The number of halogens is 1. The molecule has 22 heavy (non-hydrogen) atoms. The first kappa shape index (κ1) is 16.4. The molecule has 1 atom stereocenters. The molecule has 0 spiro atoms. The van der Waals surface area contributed by atoms with Gasteiger partial charge in [0.15, 0.2) is 6.10 Å². The molecule has 2 aromatic rings. The maximum absolute atomic E-state index is 12.1. The molecule has 0 saturated heterocycles. The van der Waals surface area contributed by atoms with E-state index in [1.165, 1.54) is 5.56 Å². The van der Waals surface area contributed by atoms with Crippen molar-refractivity contribution in [2.75, 3.05) is 0 Å². The van der Waals surface area contributed by atoms with Gasteiger partial charge in [-0.15, -0.1) is 0 Å². The largest absolute Gasteiger partial charge is 0.481 e. The van der Waals surface area contributed by atoms with Gasteiger partial charge in [0, 0.05) is 11.6 Å². The van der Waals surface area contributed by atoms with Crippen LogP contribution >= 0.6 is 11.6 Å². The number of nitrogens with one attached hydrogen (secondary N) is 1. The van der Waals surface area contributed by atoms with E-state index in [9.17, 15) is 4.79 Å². The molecule has 2 rings (SSSR count).